The average molecular weight is 482 g/mol. The summed E-state index contributed by atoms with van der Waals surface area (Å²) in [6.45, 7) is 6.63. The van der Waals surface area contributed by atoms with E-state index in [4.69, 9.17) is 0 Å². The van der Waals surface area contributed by atoms with Gasteiger partial charge in [-0.25, -0.2) is 4.79 Å². The number of hydrogen-bond donors (Lipinski definition) is 2. The molecular weight excluding hydrogens is 446 g/mol. The lowest BCUT2D eigenvalue weighted by Gasteiger charge is -2.40. The monoisotopic (exact) mass is 481 g/mol. The smallest absolute Gasteiger partial charge is 0.407 e. The van der Waals surface area contributed by atoms with Gasteiger partial charge >= 0.3 is 6.09 Å². The highest BCUT2D eigenvalue weighted by atomic mass is 16.4. The Hall–Kier alpha value is -2.94. The Labute approximate surface area is 205 Å². The molecule has 5 rings (SSSR count). The Kier molecular flexibility index (Phi) is 6.53. The number of aryl methyl sites for hydroxylation is 1. The number of likely N-dealkylation sites (tertiary alicyclic amines) is 2. The number of hydrogen-bond acceptors (Lipinski definition) is 5. The van der Waals surface area contributed by atoms with Gasteiger partial charge < -0.3 is 14.9 Å². The molecule has 3 aliphatic heterocycles. The zero-order valence-electron chi connectivity index (χ0n) is 20.6. The molecular formula is C26H35N5O4. The van der Waals surface area contributed by atoms with Gasteiger partial charge in [0.1, 0.15) is 0 Å². The third kappa shape index (κ3) is 4.78. The molecule has 1 unspecified atom stereocenters. The number of piperidine rings is 3. The lowest BCUT2D eigenvalue weighted by molar-refractivity contribution is -0.134. The Morgan fingerprint density at radius 2 is 1.91 bits per heavy atom. The van der Waals surface area contributed by atoms with Crippen molar-refractivity contribution in [3.8, 4) is 0 Å². The van der Waals surface area contributed by atoms with E-state index < -0.39 is 6.09 Å². The number of rotatable bonds is 4. The minimum absolute atomic E-state index is 0.208. The molecule has 0 saturated carbocycles. The molecule has 3 atom stereocenters. The van der Waals surface area contributed by atoms with Crippen molar-refractivity contribution in [3.05, 3.63) is 29.5 Å². The number of imide groups is 1. The highest BCUT2D eigenvalue weighted by Gasteiger charge is 2.33. The molecule has 3 fully saturated rings. The summed E-state index contributed by atoms with van der Waals surface area (Å²) in [5, 5.41) is 17.4. The molecule has 0 aliphatic carbocycles. The van der Waals surface area contributed by atoms with E-state index in [9.17, 15) is 19.5 Å². The van der Waals surface area contributed by atoms with Gasteiger partial charge in [0.15, 0.2) is 0 Å². The fourth-order valence-electron chi connectivity index (χ4n) is 6.19. The Morgan fingerprint density at radius 1 is 1.14 bits per heavy atom. The van der Waals surface area contributed by atoms with Gasteiger partial charge in [0.05, 0.1) is 17.1 Å². The molecule has 188 valence electrons. The van der Waals surface area contributed by atoms with E-state index in [1.807, 2.05) is 11.7 Å². The first-order valence-corrected chi connectivity index (χ1v) is 12.8. The van der Waals surface area contributed by atoms with Crippen LogP contribution in [0.3, 0.4) is 0 Å². The molecule has 2 N–H and O–H groups in total. The van der Waals surface area contributed by atoms with E-state index in [2.05, 4.69) is 40.4 Å². The second-order valence-electron chi connectivity index (χ2n) is 10.6. The maximum atomic E-state index is 12.4. The lowest BCUT2D eigenvalue weighted by atomic mass is 9.84. The molecule has 2 aromatic rings. The molecule has 3 saturated heterocycles. The Morgan fingerprint density at radius 3 is 2.60 bits per heavy atom. The highest BCUT2D eigenvalue weighted by molar-refractivity contribution is 6.02. The van der Waals surface area contributed by atoms with Crippen LogP contribution in [0.5, 0.6) is 0 Å². The average Bonchev–Trinajstić information content (AvgIpc) is 3.16. The zero-order valence-corrected chi connectivity index (χ0v) is 20.6. The fraction of sp³-hybridized carbons (Fsp3) is 0.615. The molecule has 3 amide bonds. The van der Waals surface area contributed by atoms with Crippen LogP contribution in [0.2, 0.25) is 0 Å². The van der Waals surface area contributed by atoms with E-state index in [0.29, 0.717) is 43.7 Å². The minimum atomic E-state index is -0.800. The molecule has 4 heterocycles. The van der Waals surface area contributed by atoms with Crippen molar-refractivity contribution < 1.29 is 19.5 Å². The van der Waals surface area contributed by atoms with Crippen LogP contribution < -0.4 is 5.32 Å². The quantitative estimate of drug-likeness (QED) is 0.650. The molecule has 0 radical (unpaired) electrons. The van der Waals surface area contributed by atoms with Crippen LogP contribution in [0.1, 0.15) is 62.1 Å². The van der Waals surface area contributed by atoms with Crippen LogP contribution in [0.4, 0.5) is 4.79 Å². The van der Waals surface area contributed by atoms with Gasteiger partial charge in [-0.2, -0.15) is 5.10 Å². The number of benzene rings is 1. The number of aromatic nitrogens is 2. The van der Waals surface area contributed by atoms with Crippen molar-refractivity contribution in [3.63, 3.8) is 0 Å². The van der Waals surface area contributed by atoms with Gasteiger partial charge in [-0.05, 0) is 68.2 Å². The van der Waals surface area contributed by atoms with Crippen molar-refractivity contribution in [1.29, 1.82) is 0 Å². The topological polar surface area (TPSA) is 108 Å². The van der Waals surface area contributed by atoms with Gasteiger partial charge in [0.25, 0.3) is 0 Å². The highest BCUT2D eigenvalue weighted by Crippen LogP contribution is 2.35. The number of carbonyl (C=O) groups excluding carboxylic acids is 2. The fourth-order valence-corrected chi connectivity index (χ4v) is 6.19. The second-order valence-corrected chi connectivity index (χ2v) is 10.6. The number of nitrogens with one attached hydrogen (secondary N) is 1. The van der Waals surface area contributed by atoms with Crippen LogP contribution in [-0.4, -0.2) is 75.3 Å². The van der Waals surface area contributed by atoms with Crippen LogP contribution >= 0.6 is 0 Å². The molecule has 9 heteroatoms. The summed E-state index contributed by atoms with van der Waals surface area (Å²) in [6.07, 6.45) is 3.20. The number of nitrogens with zero attached hydrogens (tertiary/aromatic N) is 4. The Bertz CT molecular complexity index is 1140. The molecule has 0 bridgehead atoms. The number of fused-ring (bicyclic) bond motifs is 1. The van der Waals surface area contributed by atoms with E-state index in [1.165, 1.54) is 5.56 Å². The minimum Gasteiger partial charge on any atom is -0.465 e. The summed E-state index contributed by atoms with van der Waals surface area (Å²) in [5.41, 5.74) is 3.11. The molecule has 3 aliphatic rings. The summed E-state index contributed by atoms with van der Waals surface area (Å²) in [7, 11) is 1.92. The predicted molar refractivity (Wildman–Crippen MR) is 131 cm³/mol. The van der Waals surface area contributed by atoms with Crippen molar-refractivity contribution >= 4 is 28.8 Å². The maximum Gasteiger partial charge on any atom is 0.407 e. The standard InChI is InChI=1S/C26H35N5O4/c1-16-14-31(26(34)35)12-9-19(16)15-30-10-7-17(8-11-30)18-3-4-20-22(13-18)29(2)28-24(20)21-5-6-23(32)27-25(21)33/h3-4,13,16-17,19,21H,5-12,14-15H2,1-2H3,(H,34,35)(H,27,32,33)/t16-,19+,21?/m1/s1. The SMILES string of the molecule is C[C@@H]1CN(C(=O)O)CC[C@H]1CN1CCC(c2ccc3c(C4CCC(=O)NC4=O)nn(C)c3c2)CC1. The molecule has 9 nitrogen and oxygen atoms in total. The van der Waals surface area contributed by atoms with Gasteiger partial charge in [-0.1, -0.05) is 19.1 Å². The van der Waals surface area contributed by atoms with Crippen LogP contribution in [-0.2, 0) is 16.6 Å². The number of carboxylic acid groups (broad SMARTS) is 1. The summed E-state index contributed by atoms with van der Waals surface area (Å²) in [6, 6.07) is 6.51. The zero-order chi connectivity index (χ0) is 24.7. The van der Waals surface area contributed by atoms with Crippen molar-refractivity contribution in [1.82, 2.24) is 24.9 Å². The van der Waals surface area contributed by atoms with E-state index in [0.717, 1.165) is 55.5 Å². The largest absolute Gasteiger partial charge is 0.465 e. The van der Waals surface area contributed by atoms with Crippen molar-refractivity contribution in [2.24, 2.45) is 18.9 Å². The molecule has 0 spiro atoms. The third-order valence-corrected chi connectivity index (χ3v) is 8.38. The van der Waals surface area contributed by atoms with Gasteiger partial charge in [-0.3, -0.25) is 19.6 Å². The van der Waals surface area contributed by atoms with E-state index in [1.54, 1.807) is 4.90 Å². The lowest BCUT2D eigenvalue weighted by Crippen LogP contribution is -2.46. The third-order valence-electron chi connectivity index (χ3n) is 8.38. The summed E-state index contributed by atoms with van der Waals surface area (Å²) < 4.78 is 1.86. The van der Waals surface area contributed by atoms with E-state index in [-0.39, 0.29) is 17.7 Å². The Balaban J connectivity index is 1.22. The first-order valence-electron chi connectivity index (χ1n) is 12.8. The molecule has 1 aromatic heterocycles. The van der Waals surface area contributed by atoms with Crippen LogP contribution in [0.15, 0.2) is 18.2 Å². The summed E-state index contributed by atoms with van der Waals surface area (Å²) >= 11 is 0. The predicted octanol–water partition coefficient (Wildman–Crippen LogP) is 2.91. The van der Waals surface area contributed by atoms with Crippen molar-refractivity contribution in [2.45, 2.75) is 50.9 Å². The summed E-state index contributed by atoms with van der Waals surface area (Å²) in [4.78, 5) is 39.3. The van der Waals surface area contributed by atoms with Gasteiger partial charge in [-0.15, -0.1) is 0 Å². The number of amides is 3. The first-order chi connectivity index (χ1) is 16.8. The van der Waals surface area contributed by atoms with Crippen LogP contribution in [0, 0.1) is 11.8 Å². The number of carbonyl (C=O) groups is 3. The molecule has 35 heavy (non-hydrogen) atoms. The first kappa shape index (κ1) is 23.8. The maximum absolute atomic E-state index is 12.4. The van der Waals surface area contributed by atoms with E-state index >= 15 is 0 Å². The molecule has 1 aromatic carbocycles. The summed E-state index contributed by atoms with van der Waals surface area (Å²) in [5.74, 6) is 0.606. The van der Waals surface area contributed by atoms with Crippen LogP contribution in [0.25, 0.3) is 10.9 Å². The normalized spacial score (nSPS) is 26.8. The van der Waals surface area contributed by atoms with Crippen molar-refractivity contribution in [2.75, 3.05) is 32.7 Å². The second kappa shape index (κ2) is 9.60. The van der Waals surface area contributed by atoms with Gasteiger partial charge in [0.2, 0.25) is 11.8 Å². The van der Waals surface area contributed by atoms with Gasteiger partial charge in [0, 0.05) is 38.5 Å².